The van der Waals surface area contributed by atoms with Gasteiger partial charge >= 0.3 is 0 Å². The van der Waals surface area contributed by atoms with Gasteiger partial charge in [-0.05, 0) is 42.5 Å². The fraction of sp³-hybridized carbons (Fsp3) is 0. The predicted octanol–water partition coefficient (Wildman–Crippen LogP) is 13.1. The Kier molecular flexibility index (Phi) is 6.39. The molecule has 0 atom stereocenters. The summed E-state index contributed by atoms with van der Waals surface area (Å²) in [4.78, 5) is 15.4. The monoisotopic (exact) mass is 681 g/mol. The van der Waals surface area contributed by atoms with E-state index in [0.29, 0.717) is 5.82 Å². The number of hydrogen-bond donors (Lipinski definition) is 0. The molecule has 0 radical (unpaired) electrons. The molecule has 242 valence electrons. The number of pyridine rings is 1. The van der Waals surface area contributed by atoms with Gasteiger partial charge in [0.25, 0.3) is 0 Å². The van der Waals surface area contributed by atoms with Crippen molar-refractivity contribution in [3.05, 3.63) is 164 Å². The number of aromatic nitrogens is 3. The minimum atomic E-state index is 0.687. The van der Waals surface area contributed by atoms with Crippen LogP contribution in [-0.4, -0.2) is 15.0 Å². The molecule has 0 saturated carbocycles. The highest BCUT2D eigenvalue weighted by Crippen LogP contribution is 2.44. The van der Waals surface area contributed by atoms with Crippen LogP contribution in [0.2, 0.25) is 0 Å². The number of hydrogen-bond acceptors (Lipinski definition) is 5. The lowest BCUT2D eigenvalue weighted by Gasteiger charge is -2.11. The summed E-state index contributed by atoms with van der Waals surface area (Å²) in [5.74, 6) is 0.687. The molecule has 0 amide bonds. The lowest BCUT2D eigenvalue weighted by Crippen LogP contribution is -1.95. The summed E-state index contributed by atoms with van der Waals surface area (Å²) in [6, 6.07) is 57.1. The molecule has 5 heteroatoms. The van der Waals surface area contributed by atoms with Gasteiger partial charge < -0.3 is 4.42 Å². The molecular weight excluding hydrogens is 655 g/mol. The highest BCUT2D eigenvalue weighted by molar-refractivity contribution is 7.26. The Morgan fingerprint density at radius 1 is 0.404 bits per heavy atom. The van der Waals surface area contributed by atoms with Crippen LogP contribution in [0.25, 0.3) is 109 Å². The molecular formula is C47H27N3OS. The Hall–Kier alpha value is -6.69. The second-order valence-electron chi connectivity index (χ2n) is 13.2. The van der Waals surface area contributed by atoms with E-state index in [1.165, 1.54) is 36.3 Å². The van der Waals surface area contributed by atoms with Gasteiger partial charge in [-0.2, -0.15) is 0 Å². The smallest absolute Gasteiger partial charge is 0.160 e. The van der Waals surface area contributed by atoms with Crippen LogP contribution < -0.4 is 0 Å². The zero-order chi connectivity index (χ0) is 34.2. The zero-order valence-corrected chi connectivity index (χ0v) is 28.6. The third-order valence-electron chi connectivity index (χ3n) is 10.1. The van der Waals surface area contributed by atoms with E-state index >= 15 is 0 Å². The van der Waals surface area contributed by atoms with Crippen molar-refractivity contribution in [1.29, 1.82) is 0 Å². The minimum Gasteiger partial charge on any atom is -0.456 e. The minimum absolute atomic E-state index is 0.687. The number of fused-ring (bicyclic) bond motifs is 10. The van der Waals surface area contributed by atoms with Gasteiger partial charge in [-0.3, -0.25) is 0 Å². The third-order valence-corrected chi connectivity index (χ3v) is 11.3. The van der Waals surface area contributed by atoms with Crippen LogP contribution in [0.1, 0.15) is 0 Å². The number of furan rings is 1. The Bertz CT molecular complexity index is 3180. The SMILES string of the molecule is c1ccc(-c2nc(-c3ccc4c(c3)oc3ccccc34)cc(-c3ccc4sc5c(ccc6c(-c7ccccc7)nc7ccccc7c65)c4c3)n2)cc1. The van der Waals surface area contributed by atoms with Crippen LogP contribution in [0.15, 0.2) is 168 Å². The number of nitrogens with zero attached hydrogens (tertiary/aromatic N) is 3. The first-order chi connectivity index (χ1) is 25.7. The van der Waals surface area contributed by atoms with E-state index < -0.39 is 0 Å². The number of thiophene rings is 1. The summed E-state index contributed by atoms with van der Waals surface area (Å²) in [5.41, 5.74) is 9.58. The van der Waals surface area contributed by atoms with Gasteiger partial charge in [0, 0.05) is 69.4 Å². The standard InChI is InChI=1S/C47H27N3OS/c1-3-11-28(12-4-1)45-36-23-22-34-37-25-30(20-24-43(37)52-46(34)44(36)35-16-7-9-17-38(35)48-45)39-27-40(50-47(49-39)29-13-5-2-6-14-29)31-19-21-33-32-15-8-10-18-41(32)51-42(33)26-31/h1-27H. The van der Waals surface area contributed by atoms with Crippen LogP contribution in [0.5, 0.6) is 0 Å². The first-order valence-corrected chi connectivity index (χ1v) is 18.2. The van der Waals surface area contributed by atoms with Gasteiger partial charge in [-0.1, -0.05) is 121 Å². The molecule has 4 aromatic heterocycles. The number of rotatable bonds is 4. The normalized spacial score (nSPS) is 11.8. The largest absolute Gasteiger partial charge is 0.456 e. The molecule has 4 nitrogen and oxygen atoms in total. The Morgan fingerprint density at radius 3 is 1.87 bits per heavy atom. The molecule has 0 unspecified atom stereocenters. The van der Waals surface area contributed by atoms with Crippen LogP contribution in [0.4, 0.5) is 0 Å². The lowest BCUT2D eigenvalue weighted by molar-refractivity contribution is 0.669. The Labute approximate surface area is 302 Å². The van der Waals surface area contributed by atoms with Crippen LogP contribution in [0, 0.1) is 0 Å². The molecule has 0 aliphatic rings. The fourth-order valence-electron chi connectivity index (χ4n) is 7.59. The maximum absolute atomic E-state index is 6.27. The average Bonchev–Trinajstić information content (AvgIpc) is 3.78. The van der Waals surface area contributed by atoms with Crippen LogP contribution in [0.3, 0.4) is 0 Å². The van der Waals surface area contributed by atoms with Crippen molar-refractivity contribution in [2.75, 3.05) is 0 Å². The molecule has 11 rings (SSSR count). The van der Waals surface area contributed by atoms with Crippen LogP contribution >= 0.6 is 11.3 Å². The molecule has 0 N–H and O–H groups in total. The molecule has 0 bridgehead atoms. The van der Waals surface area contributed by atoms with Crippen molar-refractivity contribution < 1.29 is 4.42 Å². The van der Waals surface area contributed by atoms with Crippen molar-refractivity contribution >= 4 is 75.1 Å². The Balaban J connectivity index is 1.12. The molecule has 0 spiro atoms. The summed E-state index contributed by atoms with van der Waals surface area (Å²) in [6.07, 6.45) is 0. The van der Waals surface area contributed by atoms with Gasteiger partial charge in [-0.25, -0.2) is 15.0 Å². The highest BCUT2D eigenvalue weighted by Gasteiger charge is 2.18. The number of para-hydroxylation sites is 2. The summed E-state index contributed by atoms with van der Waals surface area (Å²) in [5, 5.41) is 8.24. The second kappa shape index (κ2) is 11.4. The van der Waals surface area contributed by atoms with Gasteiger partial charge in [0.2, 0.25) is 0 Å². The highest BCUT2D eigenvalue weighted by atomic mass is 32.1. The molecule has 4 heterocycles. The second-order valence-corrected chi connectivity index (χ2v) is 14.2. The van der Waals surface area contributed by atoms with Gasteiger partial charge in [0.05, 0.1) is 22.6 Å². The van der Waals surface area contributed by atoms with E-state index in [1.54, 1.807) is 0 Å². The number of benzene rings is 7. The average molecular weight is 682 g/mol. The summed E-state index contributed by atoms with van der Waals surface area (Å²) >= 11 is 1.85. The third kappa shape index (κ3) is 4.57. The molecule has 11 aromatic rings. The predicted molar refractivity (Wildman–Crippen MR) is 217 cm³/mol. The maximum atomic E-state index is 6.27. The molecule has 0 aliphatic heterocycles. The fourth-order valence-corrected chi connectivity index (χ4v) is 8.83. The first kappa shape index (κ1) is 29.1. The maximum Gasteiger partial charge on any atom is 0.160 e. The molecule has 52 heavy (non-hydrogen) atoms. The van der Waals surface area contributed by atoms with Crippen molar-refractivity contribution in [3.63, 3.8) is 0 Å². The van der Waals surface area contributed by atoms with E-state index in [1.807, 2.05) is 47.7 Å². The van der Waals surface area contributed by atoms with Crippen molar-refractivity contribution in [3.8, 4) is 45.2 Å². The zero-order valence-electron chi connectivity index (χ0n) is 27.7. The topological polar surface area (TPSA) is 51.8 Å². The van der Waals surface area contributed by atoms with Gasteiger partial charge in [0.15, 0.2) is 5.82 Å². The van der Waals surface area contributed by atoms with Crippen molar-refractivity contribution in [1.82, 2.24) is 15.0 Å². The van der Waals surface area contributed by atoms with E-state index in [0.717, 1.165) is 66.8 Å². The summed E-state index contributed by atoms with van der Waals surface area (Å²) < 4.78 is 8.78. The molecule has 0 aliphatic carbocycles. The van der Waals surface area contributed by atoms with Gasteiger partial charge in [0.1, 0.15) is 11.2 Å². The summed E-state index contributed by atoms with van der Waals surface area (Å²) in [7, 11) is 0. The molecule has 7 aromatic carbocycles. The molecule has 0 saturated heterocycles. The van der Waals surface area contributed by atoms with Crippen LogP contribution in [-0.2, 0) is 0 Å². The van der Waals surface area contributed by atoms with Gasteiger partial charge in [-0.15, -0.1) is 11.3 Å². The van der Waals surface area contributed by atoms with E-state index in [9.17, 15) is 0 Å². The van der Waals surface area contributed by atoms with E-state index in [2.05, 4.69) is 127 Å². The lowest BCUT2D eigenvalue weighted by atomic mass is 9.97. The van der Waals surface area contributed by atoms with Crippen molar-refractivity contribution in [2.24, 2.45) is 0 Å². The quantitative estimate of drug-likeness (QED) is 0.174. The van der Waals surface area contributed by atoms with Crippen molar-refractivity contribution in [2.45, 2.75) is 0 Å². The molecule has 0 fully saturated rings. The first-order valence-electron chi connectivity index (χ1n) is 17.3. The summed E-state index contributed by atoms with van der Waals surface area (Å²) in [6.45, 7) is 0. The Morgan fingerprint density at radius 2 is 1.04 bits per heavy atom. The van der Waals surface area contributed by atoms with E-state index in [4.69, 9.17) is 19.4 Å². The van der Waals surface area contributed by atoms with E-state index in [-0.39, 0.29) is 0 Å².